The van der Waals surface area contributed by atoms with Gasteiger partial charge in [0.05, 0.1) is 13.2 Å². The predicted molar refractivity (Wildman–Crippen MR) is 60.9 cm³/mol. The van der Waals surface area contributed by atoms with Gasteiger partial charge in [0.1, 0.15) is 0 Å². The fraction of sp³-hybridized carbons (Fsp3) is 1.00. The number of rotatable bonds is 7. The van der Waals surface area contributed by atoms with Crippen molar-refractivity contribution in [3.05, 3.63) is 0 Å². The number of nitrogens with zero attached hydrogens (tertiary/aromatic N) is 1. The lowest BCUT2D eigenvalue weighted by Gasteiger charge is -2.31. The third kappa shape index (κ3) is 4.07. The molecule has 0 aromatic rings. The molecule has 1 heterocycles. The molecule has 2 unspecified atom stereocenters. The van der Waals surface area contributed by atoms with Gasteiger partial charge in [-0.15, -0.1) is 0 Å². The van der Waals surface area contributed by atoms with Gasteiger partial charge >= 0.3 is 0 Å². The van der Waals surface area contributed by atoms with Gasteiger partial charge in [-0.3, -0.25) is 4.90 Å². The summed E-state index contributed by atoms with van der Waals surface area (Å²) in [6.45, 7) is 3.30. The number of nitrogens with two attached hydrogens (primary N) is 1. The van der Waals surface area contributed by atoms with Crippen molar-refractivity contribution in [3.8, 4) is 0 Å². The van der Waals surface area contributed by atoms with Crippen molar-refractivity contribution in [2.75, 3.05) is 40.5 Å². The molecule has 0 bridgehead atoms. The van der Waals surface area contributed by atoms with Crippen molar-refractivity contribution in [2.24, 2.45) is 5.73 Å². The molecule has 1 saturated heterocycles. The molecular weight excluding hydrogens is 192 g/mol. The van der Waals surface area contributed by atoms with E-state index in [1.807, 2.05) is 0 Å². The summed E-state index contributed by atoms with van der Waals surface area (Å²) in [5, 5.41) is 0. The minimum Gasteiger partial charge on any atom is -0.383 e. The summed E-state index contributed by atoms with van der Waals surface area (Å²) in [6, 6.07) is 1.04. The molecule has 0 amide bonds. The normalized spacial score (nSPS) is 23.6. The average molecular weight is 216 g/mol. The SMILES string of the molecule is COCC(CCCN)N(C)C1CCOC1. The number of methoxy groups -OCH3 is 1. The standard InChI is InChI=1S/C11H24N2O2/c1-13(11-5-7-15-9-11)10(8-14-2)4-3-6-12/h10-11H,3-9,12H2,1-2H3. The third-order valence-corrected chi connectivity index (χ3v) is 3.16. The highest BCUT2D eigenvalue weighted by molar-refractivity contribution is 4.79. The second kappa shape index (κ2) is 7.17. The summed E-state index contributed by atoms with van der Waals surface area (Å²) >= 11 is 0. The molecule has 15 heavy (non-hydrogen) atoms. The molecular formula is C11H24N2O2. The van der Waals surface area contributed by atoms with Crippen LogP contribution in [0.4, 0.5) is 0 Å². The van der Waals surface area contributed by atoms with Crippen LogP contribution in [0.3, 0.4) is 0 Å². The van der Waals surface area contributed by atoms with Gasteiger partial charge in [0, 0.05) is 25.8 Å². The van der Waals surface area contributed by atoms with Gasteiger partial charge in [-0.1, -0.05) is 0 Å². The Hall–Kier alpha value is -0.160. The van der Waals surface area contributed by atoms with Crippen LogP contribution in [-0.2, 0) is 9.47 Å². The van der Waals surface area contributed by atoms with Crippen LogP contribution >= 0.6 is 0 Å². The number of ether oxygens (including phenoxy) is 2. The van der Waals surface area contributed by atoms with E-state index in [9.17, 15) is 0 Å². The topological polar surface area (TPSA) is 47.7 Å². The molecule has 90 valence electrons. The zero-order chi connectivity index (χ0) is 11.1. The van der Waals surface area contributed by atoms with Crippen LogP contribution in [-0.4, -0.2) is 57.5 Å². The van der Waals surface area contributed by atoms with Crippen LogP contribution in [0, 0.1) is 0 Å². The molecule has 0 aromatic carbocycles. The number of likely N-dealkylation sites (N-methyl/N-ethyl adjacent to an activating group) is 1. The second-order valence-electron chi connectivity index (χ2n) is 4.22. The summed E-state index contributed by atoms with van der Waals surface area (Å²) in [5.74, 6) is 0. The molecule has 0 aromatic heterocycles. The average Bonchev–Trinajstić information content (AvgIpc) is 2.76. The quantitative estimate of drug-likeness (QED) is 0.671. The van der Waals surface area contributed by atoms with E-state index in [1.165, 1.54) is 0 Å². The Morgan fingerprint density at radius 1 is 1.60 bits per heavy atom. The van der Waals surface area contributed by atoms with Crippen molar-refractivity contribution in [2.45, 2.75) is 31.3 Å². The first-order chi connectivity index (χ1) is 7.29. The Morgan fingerprint density at radius 3 is 2.93 bits per heavy atom. The fourth-order valence-electron chi connectivity index (χ4n) is 2.09. The van der Waals surface area contributed by atoms with Gasteiger partial charge in [-0.2, -0.15) is 0 Å². The molecule has 0 radical (unpaired) electrons. The lowest BCUT2D eigenvalue weighted by molar-refractivity contribution is 0.0673. The van der Waals surface area contributed by atoms with Crippen molar-refractivity contribution >= 4 is 0 Å². The van der Waals surface area contributed by atoms with E-state index in [4.69, 9.17) is 15.2 Å². The largest absolute Gasteiger partial charge is 0.383 e. The van der Waals surface area contributed by atoms with E-state index in [0.29, 0.717) is 12.1 Å². The molecule has 4 heteroatoms. The van der Waals surface area contributed by atoms with E-state index >= 15 is 0 Å². The third-order valence-electron chi connectivity index (χ3n) is 3.16. The van der Waals surface area contributed by atoms with E-state index in [-0.39, 0.29) is 0 Å². The lowest BCUT2D eigenvalue weighted by atomic mass is 10.1. The van der Waals surface area contributed by atoms with Crippen LogP contribution in [0.5, 0.6) is 0 Å². The molecule has 0 spiro atoms. The molecule has 2 atom stereocenters. The van der Waals surface area contributed by atoms with Gasteiger partial charge in [-0.25, -0.2) is 0 Å². The van der Waals surface area contributed by atoms with Crippen molar-refractivity contribution < 1.29 is 9.47 Å². The molecule has 1 aliphatic rings. The second-order valence-corrected chi connectivity index (χ2v) is 4.22. The number of hydrogen-bond acceptors (Lipinski definition) is 4. The Morgan fingerprint density at radius 2 is 2.40 bits per heavy atom. The molecule has 1 fully saturated rings. The van der Waals surface area contributed by atoms with Crippen LogP contribution in [0.1, 0.15) is 19.3 Å². The van der Waals surface area contributed by atoms with Crippen molar-refractivity contribution in [1.82, 2.24) is 4.90 Å². The Labute approximate surface area is 92.7 Å². The van der Waals surface area contributed by atoms with Crippen LogP contribution in [0.2, 0.25) is 0 Å². The van der Waals surface area contributed by atoms with E-state index in [1.54, 1.807) is 7.11 Å². The van der Waals surface area contributed by atoms with Gasteiger partial charge in [0.25, 0.3) is 0 Å². The Balaban J connectivity index is 2.37. The fourth-order valence-corrected chi connectivity index (χ4v) is 2.09. The summed E-state index contributed by atoms with van der Waals surface area (Å²) < 4.78 is 10.7. The summed E-state index contributed by atoms with van der Waals surface area (Å²) in [5.41, 5.74) is 5.54. The maximum absolute atomic E-state index is 5.54. The summed E-state index contributed by atoms with van der Waals surface area (Å²) in [4.78, 5) is 2.40. The zero-order valence-corrected chi connectivity index (χ0v) is 9.95. The predicted octanol–water partition coefficient (Wildman–Crippen LogP) is 0.461. The molecule has 1 rings (SSSR count). The molecule has 0 aliphatic carbocycles. The summed E-state index contributed by atoms with van der Waals surface area (Å²) in [6.07, 6.45) is 3.31. The van der Waals surface area contributed by atoms with Crippen LogP contribution in [0.25, 0.3) is 0 Å². The summed E-state index contributed by atoms with van der Waals surface area (Å²) in [7, 11) is 3.92. The lowest BCUT2D eigenvalue weighted by Crippen LogP contribution is -2.43. The Bertz CT molecular complexity index is 161. The van der Waals surface area contributed by atoms with Gasteiger partial charge in [0.2, 0.25) is 0 Å². The zero-order valence-electron chi connectivity index (χ0n) is 9.95. The minimum absolute atomic E-state index is 0.477. The van der Waals surface area contributed by atoms with E-state index in [0.717, 1.165) is 45.6 Å². The van der Waals surface area contributed by atoms with Crippen molar-refractivity contribution in [3.63, 3.8) is 0 Å². The minimum atomic E-state index is 0.477. The monoisotopic (exact) mass is 216 g/mol. The van der Waals surface area contributed by atoms with Crippen molar-refractivity contribution in [1.29, 1.82) is 0 Å². The molecule has 0 saturated carbocycles. The maximum Gasteiger partial charge on any atom is 0.0622 e. The molecule has 2 N–H and O–H groups in total. The smallest absolute Gasteiger partial charge is 0.0622 e. The number of hydrogen-bond donors (Lipinski definition) is 1. The molecule has 1 aliphatic heterocycles. The maximum atomic E-state index is 5.54. The van der Waals surface area contributed by atoms with E-state index < -0.39 is 0 Å². The van der Waals surface area contributed by atoms with Gasteiger partial charge < -0.3 is 15.2 Å². The van der Waals surface area contributed by atoms with E-state index in [2.05, 4.69) is 11.9 Å². The Kier molecular flexibility index (Phi) is 6.17. The highest BCUT2D eigenvalue weighted by atomic mass is 16.5. The first-order valence-corrected chi connectivity index (χ1v) is 5.78. The molecule has 4 nitrogen and oxygen atoms in total. The van der Waals surface area contributed by atoms with Gasteiger partial charge in [-0.05, 0) is 32.9 Å². The highest BCUT2D eigenvalue weighted by Crippen LogP contribution is 2.16. The highest BCUT2D eigenvalue weighted by Gasteiger charge is 2.25. The van der Waals surface area contributed by atoms with Crippen LogP contribution < -0.4 is 5.73 Å². The first-order valence-electron chi connectivity index (χ1n) is 5.78. The van der Waals surface area contributed by atoms with Crippen LogP contribution in [0.15, 0.2) is 0 Å². The first kappa shape index (κ1) is 12.9. The van der Waals surface area contributed by atoms with Gasteiger partial charge in [0.15, 0.2) is 0 Å².